The maximum Gasteiger partial charge on any atom is 0.185 e. The number of rotatable bonds is 8. The van der Waals surface area contributed by atoms with Crippen molar-refractivity contribution in [1.29, 1.82) is 0 Å². The van der Waals surface area contributed by atoms with E-state index in [-0.39, 0.29) is 5.78 Å². The van der Waals surface area contributed by atoms with E-state index >= 15 is 0 Å². The lowest BCUT2D eigenvalue weighted by molar-refractivity contribution is 0.104. The Labute approximate surface area is 147 Å². The molecule has 0 radical (unpaired) electrons. The second-order valence-corrected chi connectivity index (χ2v) is 5.78. The van der Waals surface area contributed by atoms with E-state index in [4.69, 9.17) is 23.2 Å². The van der Waals surface area contributed by atoms with Crippen LogP contribution in [0.3, 0.4) is 0 Å². The molecule has 0 atom stereocenters. The lowest BCUT2D eigenvalue weighted by Crippen LogP contribution is -2.27. The van der Waals surface area contributed by atoms with Crippen molar-refractivity contribution in [1.82, 2.24) is 0 Å². The molecule has 0 aromatic heterocycles. The van der Waals surface area contributed by atoms with Gasteiger partial charge in [-0.3, -0.25) is 4.79 Å². The molecule has 0 aliphatic heterocycles. The Hall–Kier alpha value is -1.77. The second kappa shape index (κ2) is 9.39. The third-order valence-electron chi connectivity index (χ3n) is 3.43. The van der Waals surface area contributed by atoms with Crippen LogP contribution in [0.2, 0.25) is 0 Å². The molecule has 0 heterocycles. The Bertz CT molecular complexity index is 649. The number of anilines is 1. The second-order valence-electron chi connectivity index (χ2n) is 5.02. The van der Waals surface area contributed by atoms with E-state index < -0.39 is 0 Å². The lowest BCUT2D eigenvalue weighted by atomic mass is 10.1. The quantitative estimate of drug-likeness (QED) is 0.385. The van der Waals surface area contributed by atoms with Crippen LogP contribution in [-0.2, 0) is 0 Å². The minimum atomic E-state index is -0.0209. The topological polar surface area (TPSA) is 20.3 Å². The van der Waals surface area contributed by atoms with Crippen LogP contribution in [0.1, 0.15) is 15.9 Å². The van der Waals surface area contributed by atoms with Gasteiger partial charge in [-0.05, 0) is 23.8 Å². The molecule has 0 N–H and O–H groups in total. The molecule has 0 aliphatic carbocycles. The van der Waals surface area contributed by atoms with Crippen molar-refractivity contribution in [2.24, 2.45) is 0 Å². The van der Waals surface area contributed by atoms with Crippen molar-refractivity contribution in [3.63, 3.8) is 0 Å². The molecule has 2 aromatic carbocycles. The van der Waals surface area contributed by atoms with E-state index in [1.165, 1.54) is 0 Å². The van der Waals surface area contributed by atoms with Gasteiger partial charge >= 0.3 is 0 Å². The van der Waals surface area contributed by atoms with E-state index in [0.717, 1.165) is 11.3 Å². The average Bonchev–Trinajstić information content (AvgIpc) is 2.60. The smallest absolute Gasteiger partial charge is 0.185 e. The van der Waals surface area contributed by atoms with Gasteiger partial charge < -0.3 is 4.90 Å². The van der Waals surface area contributed by atoms with Gasteiger partial charge in [0, 0.05) is 36.1 Å². The number of benzene rings is 2. The molecule has 0 fully saturated rings. The zero-order valence-corrected chi connectivity index (χ0v) is 14.3. The Morgan fingerprint density at radius 3 is 2.30 bits per heavy atom. The molecular formula is C19H19Cl2NO. The minimum Gasteiger partial charge on any atom is -0.369 e. The average molecular weight is 348 g/mol. The van der Waals surface area contributed by atoms with Crippen LogP contribution in [0.4, 0.5) is 5.69 Å². The molecule has 0 saturated carbocycles. The van der Waals surface area contributed by atoms with Crippen molar-refractivity contribution in [3.05, 3.63) is 71.8 Å². The molecular weight excluding hydrogens is 329 g/mol. The molecule has 0 bridgehead atoms. The number of carbonyl (C=O) groups is 1. The third kappa shape index (κ3) is 5.42. The number of allylic oxidation sites excluding steroid dienone is 1. The van der Waals surface area contributed by atoms with Gasteiger partial charge in [0.25, 0.3) is 0 Å². The summed E-state index contributed by atoms with van der Waals surface area (Å²) in [7, 11) is 0. The highest BCUT2D eigenvalue weighted by atomic mass is 35.5. The van der Waals surface area contributed by atoms with E-state index in [1.807, 2.05) is 60.7 Å². The van der Waals surface area contributed by atoms with Crippen LogP contribution in [0.25, 0.3) is 6.08 Å². The predicted molar refractivity (Wildman–Crippen MR) is 99.9 cm³/mol. The zero-order valence-electron chi connectivity index (χ0n) is 12.8. The van der Waals surface area contributed by atoms with Crippen molar-refractivity contribution in [2.45, 2.75) is 0 Å². The summed E-state index contributed by atoms with van der Waals surface area (Å²) in [6.07, 6.45) is 3.42. The van der Waals surface area contributed by atoms with E-state index in [2.05, 4.69) is 4.90 Å². The Kier molecular flexibility index (Phi) is 7.18. The number of nitrogens with zero attached hydrogens (tertiary/aromatic N) is 1. The molecule has 2 nitrogen and oxygen atoms in total. The van der Waals surface area contributed by atoms with Crippen molar-refractivity contribution in [3.8, 4) is 0 Å². The maximum absolute atomic E-state index is 12.4. The summed E-state index contributed by atoms with van der Waals surface area (Å²) < 4.78 is 0. The van der Waals surface area contributed by atoms with Crippen molar-refractivity contribution < 1.29 is 4.79 Å². The summed E-state index contributed by atoms with van der Waals surface area (Å²) in [6.45, 7) is 1.40. The first kappa shape index (κ1) is 17.6. The highest BCUT2D eigenvalue weighted by Gasteiger charge is 2.08. The first-order chi connectivity index (χ1) is 11.2. The van der Waals surface area contributed by atoms with Gasteiger partial charge in [0.15, 0.2) is 5.78 Å². The van der Waals surface area contributed by atoms with Gasteiger partial charge in [-0.15, -0.1) is 23.2 Å². The molecule has 0 amide bonds. The van der Waals surface area contributed by atoms with Crippen molar-refractivity contribution in [2.75, 3.05) is 29.7 Å². The molecule has 0 aliphatic rings. The van der Waals surface area contributed by atoms with Crippen LogP contribution in [0, 0.1) is 0 Å². The fourth-order valence-corrected chi connectivity index (χ4v) is 2.67. The van der Waals surface area contributed by atoms with E-state index in [1.54, 1.807) is 6.08 Å². The zero-order chi connectivity index (χ0) is 16.5. The van der Waals surface area contributed by atoms with Crippen molar-refractivity contribution >= 4 is 40.7 Å². The molecule has 23 heavy (non-hydrogen) atoms. The van der Waals surface area contributed by atoms with E-state index in [9.17, 15) is 4.79 Å². The van der Waals surface area contributed by atoms with Crippen LogP contribution >= 0.6 is 23.2 Å². The SMILES string of the molecule is O=C(/C=C/c1ccccc1)c1cccc(N(CCCl)CCCl)c1. The maximum atomic E-state index is 12.4. The lowest BCUT2D eigenvalue weighted by Gasteiger charge is -2.23. The van der Waals surface area contributed by atoms with Gasteiger partial charge in [-0.2, -0.15) is 0 Å². The fourth-order valence-electron chi connectivity index (χ4n) is 2.26. The molecule has 0 saturated heterocycles. The predicted octanol–water partition coefficient (Wildman–Crippen LogP) is 4.87. The van der Waals surface area contributed by atoms with Crippen LogP contribution in [-0.4, -0.2) is 30.6 Å². The number of alkyl halides is 2. The molecule has 0 unspecified atom stereocenters. The van der Waals surface area contributed by atoms with Crippen LogP contribution in [0.5, 0.6) is 0 Å². The summed E-state index contributed by atoms with van der Waals surface area (Å²) >= 11 is 11.7. The van der Waals surface area contributed by atoms with Gasteiger partial charge in [0.2, 0.25) is 0 Å². The summed E-state index contributed by atoms with van der Waals surface area (Å²) in [5.74, 6) is 1.01. The summed E-state index contributed by atoms with van der Waals surface area (Å²) in [5.41, 5.74) is 2.62. The summed E-state index contributed by atoms with van der Waals surface area (Å²) in [5, 5.41) is 0. The number of carbonyl (C=O) groups excluding carboxylic acids is 1. The fraction of sp³-hybridized carbons (Fsp3) is 0.211. The highest BCUT2D eigenvalue weighted by molar-refractivity contribution is 6.18. The first-order valence-electron chi connectivity index (χ1n) is 7.49. The van der Waals surface area contributed by atoms with Gasteiger partial charge in [0.1, 0.15) is 0 Å². The van der Waals surface area contributed by atoms with Gasteiger partial charge in [-0.25, -0.2) is 0 Å². The third-order valence-corrected chi connectivity index (χ3v) is 3.77. The Morgan fingerprint density at radius 2 is 1.65 bits per heavy atom. The van der Waals surface area contributed by atoms with Gasteiger partial charge in [-0.1, -0.05) is 48.5 Å². The Morgan fingerprint density at radius 1 is 0.957 bits per heavy atom. The van der Waals surface area contributed by atoms with Crippen LogP contribution < -0.4 is 4.90 Å². The molecule has 2 rings (SSSR count). The largest absolute Gasteiger partial charge is 0.369 e. The Balaban J connectivity index is 2.15. The number of hydrogen-bond acceptors (Lipinski definition) is 2. The highest BCUT2D eigenvalue weighted by Crippen LogP contribution is 2.17. The molecule has 2 aromatic rings. The summed E-state index contributed by atoms with van der Waals surface area (Å²) in [4.78, 5) is 14.4. The standard InChI is InChI=1S/C19H19Cl2NO/c20-11-13-22(14-12-21)18-8-4-7-17(15-18)19(23)10-9-16-5-2-1-3-6-16/h1-10,15H,11-14H2/b10-9+. The minimum absolute atomic E-state index is 0.0209. The number of hydrogen-bond donors (Lipinski definition) is 0. The molecule has 120 valence electrons. The van der Waals surface area contributed by atoms with Crippen LogP contribution in [0.15, 0.2) is 60.7 Å². The molecule has 4 heteroatoms. The normalized spacial score (nSPS) is 10.9. The number of ketones is 1. The van der Waals surface area contributed by atoms with Gasteiger partial charge in [0.05, 0.1) is 0 Å². The van der Waals surface area contributed by atoms with E-state index in [0.29, 0.717) is 30.4 Å². The first-order valence-corrected chi connectivity index (χ1v) is 8.56. The monoisotopic (exact) mass is 347 g/mol. The molecule has 0 spiro atoms. The summed E-state index contributed by atoms with van der Waals surface area (Å²) in [6, 6.07) is 17.3. The number of halogens is 2.